The van der Waals surface area contributed by atoms with Gasteiger partial charge in [-0.3, -0.25) is 4.79 Å². The molecule has 3 N–H and O–H groups in total. The summed E-state index contributed by atoms with van der Waals surface area (Å²) in [7, 11) is 0. The van der Waals surface area contributed by atoms with Gasteiger partial charge in [-0.1, -0.05) is 13.8 Å². The van der Waals surface area contributed by atoms with Crippen molar-refractivity contribution in [3.05, 3.63) is 23.4 Å². The van der Waals surface area contributed by atoms with E-state index in [0.717, 1.165) is 12.1 Å². The number of ether oxygens (including phenoxy) is 1. The molecule has 21 heavy (non-hydrogen) atoms. The molecule has 0 bridgehead atoms. The largest absolute Gasteiger partial charge is 0.377 e. The van der Waals surface area contributed by atoms with Gasteiger partial charge in [0.25, 0.3) is 5.91 Å². The summed E-state index contributed by atoms with van der Waals surface area (Å²) >= 11 is 0. The molecule has 1 aromatic heterocycles. The number of nitrogens with two attached hydrogens (primary N) is 1. The Balaban J connectivity index is 2.26. The van der Waals surface area contributed by atoms with E-state index in [9.17, 15) is 4.79 Å². The van der Waals surface area contributed by atoms with Gasteiger partial charge in [-0.15, -0.1) is 0 Å². The zero-order valence-electron chi connectivity index (χ0n) is 12.9. The first-order chi connectivity index (χ1) is 10.0. The van der Waals surface area contributed by atoms with Gasteiger partial charge < -0.3 is 15.1 Å². The van der Waals surface area contributed by atoms with E-state index in [2.05, 4.69) is 10.4 Å². The number of pyridine rings is 1. The molecule has 1 aliphatic heterocycles. The molecule has 1 atom stereocenters. The number of hydrazine groups is 1. The number of hydrogen-bond acceptors (Lipinski definition) is 5. The van der Waals surface area contributed by atoms with E-state index in [0.29, 0.717) is 31.1 Å². The number of anilines is 1. The van der Waals surface area contributed by atoms with E-state index in [-0.39, 0.29) is 17.9 Å². The fraction of sp³-hybridized carbons (Fsp3) is 0.600. The molecule has 1 saturated heterocycles. The summed E-state index contributed by atoms with van der Waals surface area (Å²) < 4.78 is 5.59. The molecule has 116 valence electrons. The van der Waals surface area contributed by atoms with Crippen LogP contribution in [0.1, 0.15) is 49.2 Å². The number of aromatic nitrogens is 1. The van der Waals surface area contributed by atoms with Gasteiger partial charge in [0, 0.05) is 31.0 Å². The van der Waals surface area contributed by atoms with Gasteiger partial charge in [-0.05, 0) is 31.4 Å². The fourth-order valence-corrected chi connectivity index (χ4v) is 2.41. The quantitative estimate of drug-likeness (QED) is 0.655. The van der Waals surface area contributed by atoms with Gasteiger partial charge in [0.2, 0.25) is 0 Å². The van der Waals surface area contributed by atoms with Crippen molar-refractivity contribution in [2.45, 2.75) is 39.2 Å². The topological polar surface area (TPSA) is 80.5 Å². The molecule has 1 amide bonds. The van der Waals surface area contributed by atoms with Crippen LogP contribution in [0, 0.1) is 0 Å². The molecule has 0 aromatic carbocycles. The second-order valence-corrected chi connectivity index (χ2v) is 5.75. The summed E-state index contributed by atoms with van der Waals surface area (Å²) in [6.45, 7) is 8.10. The summed E-state index contributed by atoms with van der Waals surface area (Å²) in [4.78, 5) is 18.9. The van der Waals surface area contributed by atoms with Crippen molar-refractivity contribution in [3.8, 4) is 0 Å². The first-order valence-corrected chi connectivity index (χ1v) is 7.40. The minimum absolute atomic E-state index is 0.00755. The molecule has 1 aromatic rings. The Hall–Kier alpha value is -1.66. The fourth-order valence-electron chi connectivity index (χ4n) is 2.41. The Morgan fingerprint density at radius 1 is 1.52 bits per heavy atom. The predicted molar refractivity (Wildman–Crippen MR) is 82.1 cm³/mol. The third kappa shape index (κ3) is 3.92. The Bertz CT molecular complexity index is 504. The lowest BCUT2D eigenvalue weighted by molar-refractivity contribution is 0.0562. The molecule has 6 heteroatoms. The van der Waals surface area contributed by atoms with Crippen molar-refractivity contribution < 1.29 is 9.53 Å². The van der Waals surface area contributed by atoms with Crippen molar-refractivity contribution in [1.82, 2.24) is 9.88 Å². The van der Waals surface area contributed by atoms with Crippen molar-refractivity contribution in [2.24, 2.45) is 5.84 Å². The number of carbonyl (C=O) groups is 1. The first-order valence-electron chi connectivity index (χ1n) is 7.40. The highest BCUT2D eigenvalue weighted by atomic mass is 16.5. The Labute approximate surface area is 125 Å². The third-order valence-corrected chi connectivity index (χ3v) is 3.57. The molecule has 1 unspecified atom stereocenters. The zero-order valence-corrected chi connectivity index (χ0v) is 12.9. The maximum absolute atomic E-state index is 12.7. The second-order valence-electron chi connectivity index (χ2n) is 5.75. The van der Waals surface area contributed by atoms with E-state index in [4.69, 9.17) is 10.6 Å². The third-order valence-electron chi connectivity index (χ3n) is 3.57. The van der Waals surface area contributed by atoms with Gasteiger partial charge in [-0.2, -0.15) is 0 Å². The van der Waals surface area contributed by atoms with Gasteiger partial charge in [0.05, 0.1) is 6.10 Å². The van der Waals surface area contributed by atoms with Crippen LogP contribution < -0.4 is 11.3 Å². The van der Waals surface area contributed by atoms with E-state index in [1.54, 1.807) is 6.07 Å². The van der Waals surface area contributed by atoms with Crippen LogP contribution in [-0.4, -0.2) is 41.6 Å². The summed E-state index contributed by atoms with van der Waals surface area (Å²) in [5, 5.41) is 0. The number of nitrogens with zero attached hydrogens (tertiary/aromatic N) is 2. The van der Waals surface area contributed by atoms with Crippen molar-refractivity contribution in [1.29, 1.82) is 0 Å². The molecular formula is C15H24N4O2. The molecule has 2 heterocycles. The molecular weight excluding hydrogens is 268 g/mol. The average molecular weight is 292 g/mol. The Morgan fingerprint density at radius 3 is 2.95 bits per heavy atom. The Morgan fingerprint density at radius 2 is 2.29 bits per heavy atom. The molecule has 1 fully saturated rings. The second kappa shape index (κ2) is 6.87. The molecule has 1 aliphatic rings. The lowest BCUT2D eigenvalue weighted by Crippen LogP contribution is -2.36. The van der Waals surface area contributed by atoms with E-state index in [1.807, 2.05) is 31.7 Å². The number of rotatable bonds is 3. The van der Waals surface area contributed by atoms with Crippen molar-refractivity contribution >= 4 is 11.7 Å². The van der Waals surface area contributed by atoms with Crippen LogP contribution in [0.2, 0.25) is 0 Å². The predicted octanol–water partition coefficient (Wildman–Crippen LogP) is 1.74. The summed E-state index contributed by atoms with van der Waals surface area (Å²) in [6.07, 6.45) is 0.926. The minimum atomic E-state index is 0.00755. The lowest BCUT2D eigenvalue weighted by Gasteiger charge is -2.23. The van der Waals surface area contributed by atoms with Crippen LogP contribution in [0.3, 0.4) is 0 Å². The van der Waals surface area contributed by atoms with Crippen LogP contribution >= 0.6 is 0 Å². The first kappa shape index (κ1) is 15.7. The maximum Gasteiger partial charge on any atom is 0.254 e. The van der Waals surface area contributed by atoms with Gasteiger partial charge in [-0.25, -0.2) is 10.8 Å². The number of amides is 1. The highest BCUT2D eigenvalue weighted by Crippen LogP contribution is 2.19. The van der Waals surface area contributed by atoms with E-state index >= 15 is 0 Å². The molecule has 2 rings (SSSR count). The maximum atomic E-state index is 12.7. The minimum Gasteiger partial charge on any atom is -0.377 e. The number of nitrogen functional groups attached to an aromatic ring is 1. The molecule has 6 nitrogen and oxygen atoms in total. The number of carbonyl (C=O) groups excluding carboxylic acids is 1. The highest BCUT2D eigenvalue weighted by molar-refractivity contribution is 5.95. The number of nitrogens with one attached hydrogen (secondary N) is 1. The summed E-state index contributed by atoms with van der Waals surface area (Å²) in [5.41, 5.74) is 4.01. The van der Waals surface area contributed by atoms with E-state index < -0.39 is 0 Å². The van der Waals surface area contributed by atoms with Gasteiger partial charge in [0.15, 0.2) is 0 Å². The standard InChI is InChI=1S/C15H24N4O2/c1-10(2)13-7-12(8-14(17-13)18-16)15(20)19-5-4-6-21-11(3)9-19/h7-8,10-11H,4-6,9,16H2,1-3H3,(H,17,18). The van der Waals surface area contributed by atoms with Crippen LogP contribution in [0.4, 0.5) is 5.82 Å². The zero-order chi connectivity index (χ0) is 15.4. The van der Waals surface area contributed by atoms with Crippen LogP contribution in [0.5, 0.6) is 0 Å². The molecule has 0 spiro atoms. The number of hydrogen-bond donors (Lipinski definition) is 2. The SMILES string of the molecule is CC1CN(C(=O)c2cc(NN)nc(C(C)C)c2)CCCO1. The summed E-state index contributed by atoms with van der Waals surface area (Å²) in [6, 6.07) is 3.55. The Kier molecular flexibility index (Phi) is 5.14. The normalized spacial score (nSPS) is 19.5. The van der Waals surface area contributed by atoms with Crippen LogP contribution in [-0.2, 0) is 4.74 Å². The van der Waals surface area contributed by atoms with Crippen LogP contribution in [0.15, 0.2) is 12.1 Å². The lowest BCUT2D eigenvalue weighted by atomic mass is 10.1. The highest BCUT2D eigenvalue weighted by Gasteiger charge is 2.22. The van der Waals surface area contributed by atoms with Crippen LogP contribution in [0.25, 0.3) is 0 Å². The smallest absolute Gasteiger partial charge is 0.254 e. The molecule has 0 aliphatic carbocycles. The van der Waals surface area contributed by atoms with Gasteiger partial charge in [0.1, 0.15) is 5.82 Å². The molecule has 0 radical (unpaired) electrons. The average Bonchev–Trinajstić information content (AvgIpc) is 2.70. The van der Waals surface area contributed by atoms with Crippen molar-refractivity contribution in [3.63, 3.8) is 0 Å². The van der Waals surface area contributed by atoms with Gasteiger partial charge >= 0.3 is 0 Å². The summed E-state index contributed by atoms with van der Waals surface area (Å²) in [5.74, 6) is 6.21. The molecule has 0 saturated carbocycles. The monoisotopic (exact) mass is 292 g/mol. The van der Waals surface area contributed by atoms with E-state index in [1.165, 1.54) is 0 Å². The van der Waals surface area contributed by atoms with Crippen molar-refractivity contribution in [2.75, 3.05) is 25.1 Å².